The molecular weight excluding hydrogens is 295 g/mol. The molecule has 0 bridgehead atoms. The van der Waals surface area contributed by atoms with Crippen LogP contribution in [0.5, 0.6) is 0 Å². The Bertz CT molecular complexity index is 778. The molecule has 118 valence electrons. The number of urea groups is 1. The number of hydrogen-bond acceptors (Lipinski definition) is 2. The predicted octanol–water partition coefficient (Wildman–Crippen LogP) is 4.13. The number of halogens is 1. The fourth-order valence-electron chi connectivity index (χ4n) is 2.32. The molecule has 0 fully saturated rings. The second kappa shape index (κ2) is 6.52. The van der Waals surface area contributed by atoms with E-state index in [0.29, 0.717) is 12.3 Å². The predicted molar refractivity (Wildman–Crippen MR) is 86.4 cm³/mol. The molecule has 0 aliphatic heterocycles. The number of rotatable bonds is 4. The van der Waals surface area contributed by atoms with E-state index in [4.69, 9.17) is 4.42 Å². The molecule has 23 heavy (non-hydrogen) atoms. The first-order valence-electron chi connectivity index (χ1n) is 7.39. The molecule has 0 saturated heterocycles. The maximum atomic E-state index is 12.8. The minimum atomic E-state index is -0.303. The minimum absolute atomic E-state index is 0.254. The molecule has 3 aromatic rings. The van der Waals surface area contributed by atoms with Crippen LogP contribution >= 0.6 is 0 Å². The van der Waals surface area contributed by atoms with Crippen LogP contribution in [0.15, 0.2) is 59.0 Å². The molecule has 4 nitrogen and oxygen atoms in total. The van der Waals surface area contributed by atoms with Crippen molar-refractivity contribution in [2.45, 2.75) is 19.5 Å². The molecule has 0 aliphatic carbocycles. The van der Waals surface area contributed by atoms with E-state index in [1.54, 1.807) is 12.1 Å². The zero-order valence-electron chi connectivity index (χ0n) is 12.7. The van der Waals surface area contributed by atoms with E-state index >= 15 is 0 Å². The van der Waals surface area contributed by atoms with Gasteiger partial charge in [0.1, 0.15) is 17.2 Å². The van der Waals surface area contributed by atoms with Crippen molar-refractivity contribution in [3.63, 3.8) is 0 Å². The average molecular weight is 312 g/mol. The molecule has 2 N–H and O–H groups in total. The Labute approximate surface area is 133 Å². The molecular formula is C18H17FN2O2. The maximum Gasteiger partial charge on any atom is 0.315 e. The summed E-state index contributed by atoms with van der Waals surface area (Å²) < 4.78 is 18.5. The molecule has 2 aromatic carbocycles. The summed E-state index contributed by atoms with van der Waals surface area (Å²) in [5.41, 5.74) is 1.63. The van der Waals surface area contributed by atoms with E-state index in [1.807, 2.05) is 37.3 Å². The summed E-state index contributed by atoms with van der Waals surface area (Å²) in [5, 5.41) is 6.56. The Morgan fingerprint density at radius 1 is 1.17 bits per heavy atom. The lowest BCUT2D eigenvalue weighted by molar-refractivity contribution is 0.236. The fourth-order valence-corrected chi connectivity index (χ4v) is 2.32. The highest BCUT2D eigenvalue weighted by Gasteiger charge is 2.13. The Morgan fingerprint density at radius 2 is 1.91 bits per heavy atom. The number of para-hydroxylation sites is 1. The van der Waals surface area contributed by atoms with E-state index in [1.165, 1.54) is 12.1 Å². The molecule has 1 aromatic heterocycles. The van der Waals surface area contributed by atoms with Gasteiger partial charge in [0.15, 0.2) is 0 Å². The molecule has 1 heterocycles. The monoisotopic (exact) mass is 312 g/mol. The molecule has 1 atom stereocenters. The van der Waals surface area contributed by atoms with E-state index in [2.05, 4.69) is 10.6 Å². The number of amides is 2. The third kappa shape index (κ3) is 3.69. The Kier molecular flexibility index (Phi) is 4.28. The number of furan rings is 1. The zero-order valence-corrected chi connectivity index (χ0v) is 12.7. The Balaban J connectivity index is 1.57. The van der Waals surface area contributed by atoms with Crippen LogP contribution in [-0.2, 0) is 6.54 Å². The van der Waals surface area contributed by atoms with E-state index in [0.717, 1.165) is 16.5 Å². The van der Waals surface area contributed by atoms with Gasteiger partial charge in [0.2, 0.25) is 0 Å². The number of fused-ring (bicyclic) bond motifs is 1. The van der Waals surface area contributed by atoms with Crippen LogP contribution < -0.4 is 10.6 Å². The van der Waals surface area contributed by atoms with E-state index < -0.39 is 0 Å². The Morgan fingerprint density at radius 3 is 2.65 bits per heavy atom. The normalized spacial score (nSPS) is 12.1. The van der Waals surface area contributed by atoms with E-state index in [9.17, 15) is 9.18 Å². The standard InChI is InChI=1S/C18H17FN2O2/c1-12(17-10-14-4-2-3-5-16(14)23-17)21-18(22)20-11-13-6-8-15(19)9-7-13/h2-10,12H,11H2,1H3,(H2,20,21,22). The van der Waals surface area contributed by atoms with Crippen molar-refractivity contribution in [3.8, 4) is 0 Å². The molecule has 0 saturated carbocycles. The molecule has 0 radical (unpaired) electrons. The van der Waals surface area contributed by atoms with Gasteiger partial charge < -0.3 is 15.1 Å². The molecule has 0 spiro atoms. The smallest absolute Gasteiger partial charge is 0.315 e. The quantitative estimate of drug-likeness (QED) is 0.761. The summed E-state index contributed by atoms with van der Waals surface area (Å²) >= 11 is 0. The Hall–Kier alpha value is -2.82. The van der Waals surface area contributed by atoms with Crippen LogP contribution in [0.25, 0.3) is 11.0 Å². The SMILES string of the molecule is CC(NC(=O)NCc1ccc(F)cc1)c1cc2ccccc2o1. The van der Waals surface area contributed by atoms with Gasteiger partial charge in [0, 0.05) is 11.9 Å². The van der Waals surface area contributed by atoms with Crippen molar-refractivity contribution in [1.29, 1.82) is 0 Å². The summed E-state index contributed by atoms with van der Waals surface area (Å²) in [6, 6.07) is 15.1. The van der Waals surface area contributed by atoms with Crippen molar-refractivity contribution in [2.75, 3.05) is 0 Å². The maximum absolute atomic E-state index is 12.8. The van der Waals surface area contributed by atoms with Crippen molar-refractivity contribution < 1.29 is 13.6 Å². The first-order valence-corrected chi connectivity index (χ1v) is 7.39. The van der Waals surface area contributed by atoms with E-state index in [-0.39, 0.29) is 17.9 Å². The third-order valence-corrected chi connectivity index (χ3v) is 3.59. The van der Waals surface area contributed by atoms with Crippen molar-refractivity contribution in [2.24, 2.45) is 0 Å². The first-order chi connectivity index (χ1) is 11.1. The summed E-state index contributed by atoms with van der Waals surface area (Å²) in [5.74, 6) is 0.403. The highest BCUT2D eigenvalue weighted by molar-refractivity contribution is 5.78. The number of nitrogens with one attached hydrogen (secondary N) is 2. The van der Waals surface area contributed by atoms with Gasteiger partial charge >= 0.3 is 6.03 Å². The molecule has 1 unspecified atom stereocenters. The lowest BCUT2D eigenvalue weighted by Crippen LogP contribution is -2.36. The van der Waals surface area contributed by atoms with Gasteiger partial charge in [-0.3, -0.25) is 0 Å². The second-order valence-corrected chi connectivity index (χ2v) is 5.36. The van der Waals surface area contributed by atoms with Crippen molar-refractivity contribution in [1.82, 2.24) is 10.6 Å². The zero-order chi connectivity index (χ0) is 16.2. The summed E-state index contributed by atoms with van der Waals surface area (Å²) in [6.45, 7) is 2.19. The van der Waals surface area contributed by atoms with Gasteiger partial charge in [-0.15, -0.1) is 0 Å². The van der Waals surface area contributed by atoms with Crippen molar-refractivity contribution in [3.05, 3.63) is 71.7 Å². The topological polar surface area (TPSA) is 54.3 Å². The van der Waals surface area contributed by atoms with Crippen LogP contribution in [0.1, 0.15) is 24.3 Å². The largest absolute Gasteiger partial charge is 0.459 e. The van der Waals surface area contributed by atoms with Gasteiger partial charge in [0.05, 0.1) is 6.04 Å². The van der Waals surface area contributed by atoms with Gasteiger partial charge in [-0.2, -0.15) is 0 Å². The van der Waals surface area contributed by atoms with Crippen LogP contribution in [0.2, 0.25) is 0 Å². The number of carbonyl (C=O) groups is 1. The summed E-state index contributed by atoms with van der Waals surface area (Å²) in [4.78, 5) is 11.9. The molecule has 2 amide bonds. The lowest BCUT2D eigenvalue weighted by Gasteiger charge is -2.12. The lowest BCUT2D eigenvalue weighted by atomic mass is 10.2. The second-order valence-electron chi connectivity index (χ2n) is 5.36. The van der Waals surface area contributed by atoms with Gasteiger partial charge in [-0.05, 0) is 36.8 Å². The van der Waals surface area contributed by atoms with Gasteiger partial charge in [0.25, 0.3) is 0 Å². The fraction of sp³-hybridized carbons (Fsp3) is 0.167. The highest BCUT2D eigenvalue weighted by atomic mass is 19.1. The molecule has 3 rings (SSSR count). The van der Waals surface area contributed by atoms with Crippen LogP contribution in [0.3, 0.4) is 0 Å². The third-order valence-electron chi connectivity index (χ3n) is 3.59. The van der Waals surface area contributed by atoms with Crippen LogP contribution in [0, 0.1) is 5.82 Å². The summed E-state index contributed by atoms with van der Waals surface area (Å²) in [7, 11) is 0. The molecule has 5 heteroatoms. The van der Waals surface area contributed by atoms with Crippen LogP contribution in [0.4, 0.5) is 9.18 Å². The molecule has 0 aliphatic rings. The van der Waals surface area contributed by atoms with Crippen molar-refractivity contribution >= 4 is 17.0 Å². The highest BCUT2D eigenvalue weighted by Crippen LogP contribution is 2.23. The summed E-state index contributed by atoms with van der Waals surface area (Å²) in [6.07, 6.45) is 0. The van der Waals surface area contributed by atoms with Gasteiger partial charge in [-0.25, -0.2) is 9.18 Å². The van der Waals surface area contributed by atoms with Gasteiger partial charge in [-0.1, -0.05) is 30.3 Å². The number of benzene rings is 2. The first kappa shape index (κ1) is 15.1. The van der Waals surface area contributed by atoms with Crippen LogP contribution in [-0.4, -0.2) is 6.03 Å². The average Bonchev–Trinajstić information content (AvgIpc) is 2.98. The number of hydrogen-bond donors (Lipinski definition) is 2. The number of carbonyl (C=O) groups excluding carboxylic acids is 1. The minimum Gasteiger partial charge on any atom is -0.459 e.